The molecule has 2 aromatic rings. The summed E-state index contributed by atoms with van der Waals surface area (Å²) < 4.78 is 24.7. The van der Waals surface area contributed by atoms with Crippen molar-refractivity contribution >= 4 is 27.8 Å². The van der Waals surface area contributed by atoms with Gasteiger partial charge in [-0.3, -0.25) is 9.59 Å². The standard InChI is InChI=1S/C17H15BrFNO4/c18-13-4-3-11(15(19)7-13)10-24-17(22)12-6-16(21)20(8-12)9-14-2-1-5-23-14/h1-5,7,12H,6,8-10H2/t12-/m1/s1. The van der Waals surface area contributed by atoms with Crippen LogP contribution in [0.4, 0.5) is 4.39 Å². The summed E-state index contributed by atoms with van der Waals surface area (Å²) >= 11 is 3.17. The molecular formula is C17H15BrFNO4. The Morgan fingerprint density at radius 2 is 2.25 bits per heavy atom. The molecule has 0 N–H and O–H groups in total. The molecule has 0 spiro atoms. The van der Waals surface area contributed by atoms with Crippen LogP contribution >= 0.6 is 15.9 Å². The molecule has 1 aromatic carbocycles. The highest BCUT2D eigenvalue weighted by Crippen LogP contribution is 2.23. The van der Waals surface area contributed by atoms with E-state index >= 15 is 0 Å². The van der Waals surface area contributed by atoms with Gasteiger partial charge in [-0.15, -0.1) is 0 Å². The predicted octanol–water partition coefficient (Wildman–Crippen LogP) is 3.27. The minimum atomic E-state index is -0.536. The molecule has 24 heavy (non-hydrogen) atoms. The van der Waals surface area contributed by atoms with Crippen LogP contribution in [0.2, 0.25) is 0 Å². The fourth-order valence-electron chi connectivity index (χ4n) is 2.58. The predicted molar refractivity (Wildman–Crippen MR) is 86.1 cm³/mol. The Morgan fingerprint density at radius 1 is 1.42 bits per heavy atom. The van der Waals surface area contributed by atoms with Crippen molar-refractivity contribution in [1.29, 1.82) is 0 Å². The van der Waals surface area contributed by atoms with Crippen molar-refractivity contribution in [2.45, 2.75) is 19.6 Å². The van der Waals surface area contributed by atoms with E-state index in [-0.39, 0.29) is 25.5 Å². The lowest BCUT2D eigenvalue weighted by molar-refractivity contribution is -0.149. The summed E-state index contributed by atoms with van der Waals surface area (Å²) in [5, 5.41) is 0. The molecule has 1 aliphatic rings. The second-order valence-corrected chi connectivity index (χ2v) is 6.51. The molecule has 1 atom stereocenters. The van der Waals surface area contributed by atoms with Gasteiger partial charge >= 0.3 is 5.97 Å². The Morgan fingerprint density at radius 3 is 2.96 bits per heavy atom. The van der Waals surface area contributed by atoms with E-state index in [4.69, 9.17) is 9.15 Å². The summed E-state index contributed by atoms with van der Waals surface area (Å²) in [5.74, 6) is -0.935. The lowest BCUT2D eigenvalue weighted by Crippen LogP contribution is -2.26. The van der Waals surface area contributed by atoms with E-state index in [0.29, 0.717) is 22.3 Å². The molecule has 0 unspecified atom stereocenters. The van der Waals surface area contributed by atoms with Crippen LogP contribution in [0.1, 0.15) is 17.7 Å². The molecule has 0 aliphatic carbocycles. The maximum atomic E-state index is 13.7. The molecule has 1 aromatic heterocycles. The number of nitrogens with zero attached hydrogens (tertiary/aromatic N) is 1. The first-order chi connectivity index (χ1) is 11.5. The Labute approximate surface area is 146 Å². The number of likely N-dealkylation sites (tertiary alicyclic amines) is 1. The fourth-order valence-corrected chi connectivity index (χ4v) is 2.91. The first-order valence-electron chi connectivity index (χ1n) is 7.43. The molecule has 7 heteroatoms. The van der Waals surface area contributed by atoms with E-state index < -0.39 is 17.7 Å². The first-order valence-corrected chi connectivity index (χ1v) is 8.23. The highest BCUT2D eigenvalue weighted by atomic mass is 79.9. The lowest BCUT2D eigenvalue weighted by atomic mass is 10.1. The lowest BCUT2D eigenvalue weighted by Gasteiger charge is -2.14. The van der Waals surface area contributed by atoms with Gasteiger partial charge < -0.3 is 14.1 Å². The Bertz CT molecular complexity index is 747. The fraction of sp³-hybridized carbons (Fsp3) is 0.294. The van der Waals surface area contributed by atoms with Gasteiger partial charge in [0.2, 0.25) is 5.91 Å². The van der Waals surface area contributed by atoms with E-state index in [2.05, 4.69) is 15.9 Å². The molecule has 1 aliphatic heterocycles. The average molecular weight is 396 g/mol. The largest absolute Gasteiger partial charge is 0.467 e. The number of ether oxygens (including phenoxy) is 1. The van der Waals surface area contributed by atoms with E-state index in [0.717, 1.165) is 0 Å². The third kappa shape index (κ3) is 3.84. The van der Waals surface area contributed by atoms with Crippen LogP contribution in [0, 0.1) is 11.7 Å². The van der Waals surface area contributed by atoms with Gasteiger partial charge in [-0.25, -0.2) is 4.39 Å². The third-order valence-electron chi connectivity index (χ3n) is 3.86. The van der Waals surface area contributed by atoms with Crippen LogP contribution in [0.15, 0.2) is 45.5 Å². The van der Waals surface area contributed by atoms with Gasteiger partial charge in [-0.1, -0.05) is 22.0 Å². The number of amides is 1. The van der Waals surface area contributed by atoms with E-state index in [9.17, 15) is 14.0 Å². The van der Waals surface area contributed by atoms with Gasteiger partial charge in [0, 0.05) is 23.0 Å². The highest BCUT2D eigenvalue weighted by Gasteiger charge is 2.35. The van der Waals surface area contributed by atoms with E-state index in [1.54, 1.807) is 29.2 Å². The first kappa shape index (κ1) is 16.7. The van der Waals surface area contributed by atoms with Crippen LogP contribution in [0.25, 0.3) is 0 Å². The van der Waals surface area contributed by atoms with Crippen molar-refractivity contribution in [2.75, 3.05) is 6.54 Å². The number of hydrogen-bond donors (Lipinski definition) is 0. The molecule has 126 valence electrons. The number of halogens is 2. The van der Waals surface area contributed by atoms with Crippen molar-refractivity contribution in [1.82, 2.24) is 4.90 Å². The summed E-state index contributed by atoms with van der Waals surface area (Å²) in [7, 11) is 0. The number of carbonyl (C=O) groups is 2. The summed E-state index contributed by atoms with van der Waals surface area (Å²) in [4.78, 5) is 25.7. The summed E-state index contributed by atoms with van der Waals surface area (Å²) in [5.41, 5.74) is 0.295. The highest BCUT2D eigenvalue weighted by molar-refractivity contribution is 9.10. The van der Waals surface area contributed by atoms with Gasteiger partial charge in [-0.05, 0) is 24.3 Å². The summed E-state index contributed by atoms with van der Waals surface area (Å²) in [6.45, 7) is 0.457. The molecule has 3 rings (SSSR count). The van der Waals surface area contributed by atoms with Gasteiger partial charge in [-0.2, -0.15) is 0 Å². The zero-order valence-corrected chi connectivity index (χ0v) is 14.3. The normalized spacial score (nSPS) is 17.3. The van der Waals surface area contributed by atoms with Gasteiger partial charge in [0.05, 0.1) is 18.7 Å². The maximum Gasteiger partial charge on any atom is 0.311 e. The van der Waals surface area contributed by atoms with Gasteiger partial charge in [0.1, 0.15) is 18.2 Å². The van der Waals surface area contributed by atoms with E-state index in [1.165, 1.54) is 12.3 Å². The molecule has 1 saturated heterocycles. The molecule has 1 amide bonds. The molecule has 1 fully saturated rings. The Hall–Kier alpha value is -2.15. The van der Waals surface area contributed by atoms with Crippen molar-refractivity contribution in [3.05, 3.63) is 58.2 Å². The monoisotopic (exact) mass is 395 g/mol. The molecule has 2 heterocycles. The second kappa shape index (κ2) is 7.17. The number of carbonyl (C=O) groups excluding carboxylic acids is 2. The number of hydrogen-bond acceptors (Lipinski definition) is 4. The minimum absolute atomic E-state index is 0.0996. The van der Waals surface area contributed by atoms with Crippen molar-refractivity contribution < 1.29 is 23.1 Å². The minimum Gasteiger partial charge on any atom is -0.467 e. The number of esters is 1. The van der Waals surface area contributed by atoms with Crippen LogP contribution < -0.4 is 0 Å². The number of rotatable bonds is 5. The smallest absolute Gasteiger partial charge is 0.311 e. The number of benzene rings is 1. The van der Waals surface area contributed by atoms with Crippen LogP contribution in [-0.2, 0) is 27.5 Å². The molecule has 0 bridgehead atoms. The molecule has 0 saturated carbocycles. The van der Waals surface area contributed by atoms with Gasteiger partial charge in [0.15, 0.2) is 0 Å². The molecule has 0 radical (unpaired) electrons. The SMILES string of the molecule is O=C(OCc1ccc(Br)cc1F)[C@@H]1CC(=O)N(Cc2ccco2)C1. The number of furan rings is 1. The quantitative estimate of drug-likeness (QED) is 0.728. The van der Waals surface area contributed by atoms with Crippen LogP contribution in [0.3, 0.4) is 0 Å². The molecular weight excluding hydrogens is 381 g/mol. The topological polar surface area (TPSA) is 59.8 Å². The van der Waals surface area contributed by atoms with Crippen molar-refractivity contribution in [2.24, 2.45) is 5.92 Å². The van der Waals surface area contributed by atoms with Gasteiger partial charge in [0.25, 0.3) is 0 Å². The second-order valence-electron chi connectivity index (χ2n) is 5.60. The van der Waals surface area contributed by atoms with E-state index in [1.807, 2.05) is 0 Å². The summed E-state index contributed by atoms with van der Waals surface area (Å²) in [6.07, 6.45) is 1.64. The summed E-state index contributed by atoms with van der Waals surface area (Å²) in [6, 6.07) is 8.06. The Balaban J connectivity index is 1.55. The van der Waals surface area contributed by atoms with Crippen molar-refractivity contribution in [3.8, 4) is 0 Å². The van der Waals surface area contributed by atoms with Crippen LogP contribution in [0.5, 0.6) is 0 Å². The molecule has 5 nitrogen and oxygen atoms in total. The zero-order chi connectivity index (χ0) is 17.1. The Kier molecular flexibility index (Phi) is 4.99. The van der Waals surface area contributed by atoms with Crippen molar-refractivity contribution in [3.63, 3.8) is 0 Å². The zero-order valence-electron chi connectivity index (χ0n) is 12.7. The average Bonchev–Trinajstić information content (AvgIpc) is 3.17. The van der Waals surface area contributed by atoms with Crippen LogP contribution in [-0.4, -0.2) is 23.3 Å². The third-order valence-corrected chi connectivity index (χ3v) is 4.35. The maximum absolute atomic E-state index is 13.7.